The van der Waals surface area contributed by atoms with Crippen LogP contribution in [0.3, 0.4) is 0 Å². The number of aromatic amines is 1. The highest BCUT2D eigenvalue weighted by Crippen LogP contribution is 2.31. The van der Waals surface area contributed by atoms with E-state index in [0.29, 0.717) is 23.2 Å². The van der Waals surface area contributed by atoms with Crippen LogP contribution in [-0.4, -0.2) is 26.7 Å². The number of fused-ring (bicyclic) bond motifs is 1. The largest absolute Gasteiger partial charge is 0.493 e. The Balaban J connectivity index is 1.30. The average molecular weight is 387 g/mol. The van der Waals surface area contributed by atoms with Crippen molar-refractivity contribution in [2.45, 2.75) is 19.4 Å². The molecule has 2 heterocycles. The Hall–Kier alpha value is -3.38. The summed E-state index contributed by atoms with van der Waals surface area (Å²) < 4.78 is 11.7. The summed E-state index contributed by atoms with van der Waals surface area (Å²) in [6.45, 7) is 0.776. The van der Waals surface area contributed by atoms with Crippen molar-refractivity contribution in [3.63, 3.8) is 0 Å². The Morgan fingerprint density at radius 1 is 1.00 bits per heavy atom. The van der Waals surface area contributed by atoms with Gasteiger partial charge in [-0.2, -0.15) is 0 Å². The van der Waals surface area contributed by atoms with Crippen LogP contribution < -0.4 is 9.47 Å². The number of benzene rings is 2. The van der Waals surface area contributed by atoms with Gasteiger partial charge in [-0.3, -0.25) is 0 Å². The molecule has 1 aliphatic carbocycles. The molecule has 2 aromatic carbocycles. The first-order valence-electron chi connectivity index (χ1n) is 9.73. The number of nitrogens with one attached hydrogen (secondary N) is 1. The van der Waals surface area contributed by atoms with Gasteiger partial charge in [0.1, 0.15) is 22.9 Å². The second-order valence-corrected chi connectivity index (χ2v) is 7.31. The Morgan fingerprint density at radius 2 is 1.90 bits per heavy atom. The molecular formula is C23H21N3O3. The normalized spacial score (nSPS) is 13.6. The zero-order valence-electron chi connectivity index (χ0n) is 15.8. The molecule has 6 nitrogen and oxygen atoms in total. The maximum Gasteiger partial charge on any atom is 0.157 e. The molecule has 0 amide bonds. The van der Waals surface area contributed by atoms with E-state index in [2.05, 4.69) is 15.0 Å². The van der Waals surface area contributed by atoms with Crippen molar-refractivity contribution in [2.75, 3.05) is 6.61 Å². The molecule has 0 aliphatic heterocycles. The van der Waals surface area contributed by atoms with E-state index in [9.17, 15) is 5.11 Å². The fourth-order valence-electron chi connectivity index (χ4n) is 3.12. The summed E-state index contributed by atoms with van der Waals surface area (Å²) in [6, 6.07) is 17.0. The van der Waals surface area contributed by atoms with Crippen LogP contribution in [0.1, 0.15) is 18.4 Å². The van der Waals surface area contributed by atoms with Gasteiger partial charge in [0.05, 0.1) is 30.4 Å². The van der Waals surface area contributed by atoms with Crippen molar-refractivity contribution in [1.29, 1.82) is 0 Å². The van der Waals surface area contributed by atoms with Crippen molar-refractivity contribution in [1.82, 2.24) is 15.0 Å². The van der Waals surface area contributed by atoms with Crippen LogP contribution in [0.4, 0.5) is 0 Å². The first-order valence-corrected chi connectivity index (χ1v) is 9.73. The molecule has 0 bridgehead atoms. The van der Waals surface area contributed by atoms with Crippen molar-refractivity contribution >= 4 is 11.0 Å². The molecule has 5 rings (SSSR count). The zero-order chi connectivity index (χ0) is 19.6. The van der Waals surface area contributed by atoms with Crippen molar-refractivity contribution in [2.24, 2.45) is 5.92 Å². The van der Waals surface area contributed by atoms with Gasteiger partial charge in [0.15, 0.2) is 5.82 Å². The molecule has 1 aliphatic rings. The number of hydrogen-bond donors (Lipinski definition) is 2. The van der Waals surface area contributed by atoms with Gasteiger partial charge in [0, 0.05) is 6.07 Å². The summed E-state index contributed by atoms with van der Waals surface area (Å²) in [5.74, 6) is 3.57. The minimum Gasteiger partial charge on any atom is -0.493 e. The number of nitrogens with zero attached hydrogens (tertiary/aromatic N) is 2. The van der Waals surface area contributed by atoms with Gasteiger partial charge in [-0.05, 0) is 60.7 Å². The molecular weight excluding hydrogens is 366 g/mol. The molecule has 4 aromatic rings. The van der Waals surface area contributed by atoms with Crippen LogP contribution in [0.15, 0.2) is 60.8 Å². The van der Waals surface area contributed by atoms with Crippen LogP contribution in [0.5, 0.6) is 17.2 Å². The smallest absolute Gasteiger partial charge is 0.157 e. The van der Waals surface area contributed by atoms with Gasteiger partial charge in [0.2, 0.25) is 0 Å². The molecule has 2 aromatic heterocycles. The van der Waals surface area contributed by atoms with Crippen LogP contribution in [-0.2, 0) is 6.61 Å². The van der Waals surface area contributed by atoms with E-state index in [-0.39, 0.29) is 6.61 Å². The molecule has 0 spiro atoms. The Morgan fingerprint density at radius 3 is 2.69 bits per heavy atom. The van der Waals surface area contributed by atoms with E-state index in [4.69, 9.17) is 9.47 Å². The first-order chi connectivity index (χ1) is 14.3. The number of rotatable bonds is 7. The monoisotopic (exact) mass is 387 g/mol. The van der Waals surface area contributed by atoms with Gasteiger partial charge in [-0.25, -0.2) is 9.97 Å². The molecule has 146 valence electrons. The summed E-state index contributed by atoms with van der Waals surface area (Å²) in [7, 11) is 0. The number of pyridine rings is 1. The lowest BCUT2D eigenvalue weighted by molar-refractivity contribution is 0.282. The summed E-state index contributed by atoms with van der Waals surface area (Å²) in [5.41, 5.74) is 3.27. The zero-order valence-corrected chi connectivity index (χ0v) is 15.8. The maximum absolute atomic E-state index is 9.28. The van der Waals surface area contributed by atoms with Crippen LogP contribution >= 0.6 is 0 Å². The maximum atomic E-state index is 9.28. The van der Waals surface area contributed by atoms with Gasteiger partial charge in [0.25, 0.3) is 0 Å². The molecule has 2 N–H and O–H groups in total. The summed E-state index contributed by atoms with van der Waals surface area (Å²) in [5, 5.41) is 9.28. The third-order valence-corrected chi connectivity index (χ3v) is 4.93. The molecule has 6 heteroatoms. The molecule has 1 fully saturated rings. The topological polar surface area (TPSA) is 80.3 Å². The van der Waals surface area contributed by atoms with Gasteiger partial charge in [-0.15, -0.1) is 0 Å². The highest BCUT2D eigenvalue weighted by molar-refractivity contribution is 5.79. The fraction of sp³-hybridized carbons (Fsp3) is 0.217. The second-order valence-electron chi connectivity index (χ2n) is 7.31. The number of aliphatic hydroxyl groups is 1. The lowest BCUT2D eigenvalue weighted by Gasteiger charge is -2.09. The minimum absolute atomic E-state index is 0.00139. The lowest BCUT2D eigenvalue weighted by Crippen LogP contribution is -1.98. The predicted octanol–water partition coefficient (Wildman–Crippen LogP) is 4.70. The second kappa shape index (κ2) is 7.56. The van der Waals surface area contributed by atoms with Gasteiger partial charge in [-0.1, -0.05) is 12.1 Å². The summed E-state index contributed by atoms with van der Waals surface area (Å²) in [6.07, 6.45) is 4.21. The lowest BCUT2D eigenvalue weighted by atomic mass is 10.2. The Kier molecular flexibility index (Phi) is 4.62. The van der Waals surface area contributed by atoms with Gasteiger partial charge < -0.3 is 19.6 Å². The summed E-state index contributed by atoms with van der Waals surface area (Å²) in [4.78, 5) is 12.3. The molecule has 0 unspecified atom stereocenters. The molecule has 0 saturated heterocycles. The quantitative estimate of drug-likeness (QED) is 0.480. The van der Waals surface area contributed by atoms with Gasteiger partial charge >= 0.3 is 0 Å². The number of imidazole rings is 1. The highest BCUT2D eigenvalue weighted by Gasteiger charge is 2.21. The number of H-pyrrole nitrogens is 1. The van der Waals surface area contributed by atoms with E-state index < -0.39 is 0 Å². The van der Waals surface area contributed by atoms with Crippen LogP contribution in [0, 0.1) is 5.92 Å². The molecule has 0 radical (unpaired) electrons. The SMILES string of the molecule is OCc1ccc2nc(-c3ccc(Oc4cccc(OCC5CC5)c4)cn3)[nH]c2c1. The Bertz CT molecular complexity index is 1130. The van der Waals surface area contributed by atoms with Crippen molar-refractivity contribution in [3.8, 4) is 28.8 Å². The van der Waals surface area contributed by atoms with E-state index in [0.717, 1.165) is 34.6 Å². The molecule has 1 saturated carbocycles. The first kappa shape index (κ1) is 17.7. The highest BCUT2D eigenvalue weighted by atomic mass is 16.5. The van der Waals surface area contributed by atoms with Crippen molar-refractivity contribution < 1.29 is 14.6 Å². The third-order valence-electron chi connectivity index (χ3n) is 4.93. The number of aliphatic hydroxyl groups excluding tert-OH is 1. The third kappa shape index (κ3) is 4.07. The molecule has 0 atom stereocenters. The Labute approximate surface area is 168 Å². The van der Waals surface area contributed by atoms with Crippen LogP contribution in [0.2, 0.25) is 0 Å². The van der Waals surface area contributed by atoms with Crippen LogP contribution in [0.25, 0.3) is 22.6 Å². The van der Waals surface area contributed by atoms with E-state index in [1.807, 2.05) is 54.6 Å². The minimum atomic E-state index is 0.00139. The van der Waals surface area contributed by atoms with Crippen molar-refractivity contribution in [3.05, 3.63) is 66.4 Å². The average Bonchev–Trinajstić information content (AvgIpc) is 3.49. The summed E-state index contributed by atoms with van der Waals surface area (Å²) >= 11 is 0. The van der Waals surface area contributed by atoms with E-state index in [1.54, 1.807) is 6.20 Å². The van der Waals surface area contributed by atoms with E-state index >= 15 is 0 Å². The number of ether oxygens (including phenoxy) is 2. The number of hydrogen-bond acceptors (Lipinski definition) is 5. The fourth-order valence-corrected chi connectivity index (χ4v) is 3.12. The molecule has 29 heavy (non-hydrogen) atoms. The standard InChI is InChI=1S/C23H21N3O3/c27-13-16-6-8-20-22(10-16)26-23(25-20)21-9-7-19(12-24-21)29-18-3-1-2-17(11-18)28-14-15-4-5-15/h1-3,6-12,15,27H,4-5,13-14H2,(H,25,26). The number of aromatic nitrogens is 3. The van der Waals surface area contributed by atoms with E-state index in [1.165, 1.54) is 12.8 Å². The predicted molar refractivity (Wildman–Crippen MR) is 110 cm³/mol.